The number of anilines is 1. The number of nitriles is 1. The van der Waals surface area contributed by atoms with E-state index in [0.29, 0.717) is 17.8 Å². The lowest BCUT2D eigenvalue weighted by molar-refractivity contribution is 0.0592. The van der Waals surface area contributed by atoms with Gasteiger partial charge in [-0.3, -0.25) is 9.78 Å². The number of nitrogens with one attached hydrogen (secondary N) is 1. The Morgan fingerprint density at radius 2 is 2.04 bits per heavy atom. The molecule has 0 unspecified atom stereocenters. The third kappa shape index (κ3) is 3.68. The van der Waals surface area contributed by atoms with Crippen LogP contribution in [0.4, 0.5) is 5.69 Å². The van der Waals surface area contributed by atoms with Crippen molar-refractivity contribution in [2.24, 2.45) is 0 Å². The largest absolute Gasteiger partial charge is 0.464 e. The van der Waals surface area contributed by atoms with Gasteiger partial charge in [0.1, 0.15) is 6.07 Å². The number of carbonyl (C=O) groups excluding carboxylic acids is 2. The van der Waals surface area contributed by atoms with Crippen molar-refractivity contribution in [1.29, 1.82) is 5.26 Å². The second kappa shape index (κ2) is 8.05. The highest BCUT2D eigenvalue weighted by molar-refractivity contribution is 5.96. The fourth-order valence-electron chi connectivity index (χ4n) is 2.68. The predicted octanol–water partition coefficient (Wildman–Crippen LogP) is 2.04. The first-order valence-corrected chi connectivity index (χ1v) is 8.32. The number of benzene rings is 1. The minimum atomic E-state index is -0.655. The summed E-state index contributed by atoms with van der Waals surface area (Å²) < 4.78 is 6.22. The van der Waals surface area contributed by atoms with Gasteiger partial charge in [0.15, 0.2) is 5.69 Å². The zero-order valence-electron chi connectivity index (χ0n) is 15.0. The van der Waals surface area contributed by atoms with Gasteiger partial charge < -0.3 is 20.4 Å². The highest BCUT2D eigenvalue weighted by Gasteiger charge is 2.21. The lowest BCUT2D eigenvalue weighted by Crippen LogP contribution is -2.22. The maximum atomic E-state index is 12.3. The maximum Gasteiger partial charge on any atom is 0.357 e. The van der Waals surface area contributed by atoms with E-state index in [9.17, 15) is 14.9 Å². The van der Waals surface area contributed by atoms with Crippen LogP contribution in [0.2, 0.25) is 0 Å². The fourth-order valence-corrected chi connectivity index (χ4v) is 2.68. The minimum absolute atomic E-state index is 0.0487. The number of amides is 1. The number of hydrogen-bond acceptors (Lipinski definition) is 6. The monoisotopic (exact) mass is 375 g/mol. The van der Waals surface area contributed by atoms with E-state index in [-0.39, 0.29) is 22.9 Å². The molecule has 2 aromatic heterocycles. The number of pyridine rings is 1. The number of rotatable bonds is 5. The second-order valence-electron chi connectivity index (χ2n) is 5.87. The molecule has 8 nitrogen and oxygen atoms in total. The Morgan fingerprint density at radius 3 is 2.64 bits per heavy atom. The second-order valence-corrected chi connectivity index (χ2v) is 5.87. The van der Waals surface area contributed by atoms with Gasteiger partial charge in [-0.25, -0.2) is 4.79 Å². The van der Waals surface area contributed by atoms with Crippen molar-refractivity contribution in [3.8, 4) is 11.8 Å². The highest BCUT2D eigenvalue weighted by atomic mass is 16.5. The van der Waals surface area contributed by atoms with Crippen LogP contribution in [0.1, 0.15) is 32.0 Å². The molecule has 0 atom stereocenters. The van der Waals surface area contributed by atoms with Gasteiger partial charge in [-0.15, -0.1) is 0 Å². The van der Waals surface area contributed by atoms with E-state index >= 15 is 0 Å². The van der Waals surface area contributed by atoms with Crippen LogP contribution >= 0.6 is 0 Å². The first-order valence-electron chi connectivity index (χ1n) is 8.32. The number of ether oxygens (including phenoxy) is 1. The van der Waals surface area contributed by atoms with Crippen LogP contribution in [-0.2, 0) is 11.3 Å². The molecule has 140 valence electrons. The number of hydrogen-bond donors (Lipinski definition) is 2. The summed E-state index contributed by atoms with van der Waals surface area (Å²) in [5, 5.41) is 12.0. The molecular formula is C20H17N5O3. The smallest absolute Gasteiger partial charge is 0.357 e. The van der Waals surface area contributed by atoms with Crippen LogP contribution in [-0.4, -0.2) is 28.5 Å². The average Bonchev–Trinajstić information content (AvgIpc) is 3.08. The summed E-state index contributed by atoms with van der Waals surface area (Å²) in [7, 11) is 1.24. The van der Waals surface area contributed by atoms with Crippen molar-refractivity contribution >= 4 is 17.6 Å². The Hall–Kier alpha value is -4.12. The number of aromatic nitrogens is 2. The van der Waals surface area contributed by atoms with Crippen LogP contribution < -0.4 is 11.1 Å². The van der Waals surface area contributed by atoms with E-state index in [1.807, 2.05) is 12.1 Å². The summed E-state index contributed by atoms with van der Waals surface area (Å²) in [6.07, 6.45) is 4.80. The highest BCUT2D eigenvalue weighted by Crippen LogP contribution is 2.24. The van der Waals surface area contributed by atoms with Crippen LogP contribution in [0, 0.1) is 11.3 Å². The molecule has 8 heteroatoms. The summed E-state index contributed by atoms with van der Waals surface area (Å²) in [5.74, 6) is -0.898. The van der Waals surface area contributed by atoms with Crippen LogP contribution in [0.25, 0.3) is 5.69 Å². The molecule has 0 aliphatic heterocycles. The Kier molecular flexibility index (Phi) is 5.37. The van der Waals surface area contributed by atoms with Crippen molar-refractivity contribution in [3.05, 3.63) is 77.4 Å². The zero-order chi connectivity index (χ0) is 20.1. The normalized spacial score (nSPS) is 10.1. The van der Waals surface area contributed by atoms with Gasteiger partial charge in [-0.1, -0.05) is 6.07 Å². The average molecular weight is 375 g/mol. The van der Waals surface area contributed by atoms with E-state index in [1.165, 1.54) is 17.9 Å². The molecule has 0 saturated heterocycles. The van der Waals surface area contributed by atoms with E-state index in [2.05, 4.69) is 10.3 Å². The van der Waals surface area contributed by atoms with E-state index in [4.69, 9.17) is 10.5 Å². The summed E-state index contributed by atoms with van der Waals surface area (Å²) in [6, 6.07) is 12.2. The van der Waals surface area contributed by atoms with Crippen LogP contribution in [0.5, 0.6) is 0 Å². The molecule has 1 amide bonds. The molecule has 0 bridgehead atoms. The van der Waals surface area contributed by atoms with Gasteiger partial charge in [0.25, 0.3) is 5.91 Å². The van der Waals surface area contributed by atoms with Gasteiger partial charge in [0.05, 0.1) is 18.4 Å². The molecule has 0 fully saturated rings. The number of methoxy groups -OCH3 is 1. The number of nitrogens with zero attached hydrogens (tertiary/aromatic N) is 3. The topological polar surface area (TPSA) is 123 Å². The van der Waals surface area contributed by atoms with E-state index in [0.717, 1.165) is 5.56 Å². The number of nitrogen functional groups attached to an aromatic ring is 1. The lowest BCUT2D eigenvalue weighted by Gasteiger charge is -2.10. The lowest BCUT2D eigenvalue weighted by atomic mass is 10.2. The molecule has 1 aromatic carbocycles. The van der Waals surface area contributed by atoms with Gasteiger partial charge in [0, 0.05) is 36.4 Å². The van der Waals surface area contributed by atoms with Crippen molar-refractivity contribution < 1.29 is 14.3 Å². The molecule has 3 aromatic rings. The Balaban J connectivity index is 1.82. The summed E-state index contributed by atoms with van der Waals surface area (Å²) in [6.45, 7) is 0.362. The molecule has 0 aliphatic rings. The van der Waals surface area contributed by atoms with Gasteiger partial charge in [-0.2, -0.15) is 5.26 Å². The first-order chi connectivity index (χ1) is 13.5. The maximum absolute atomic E-state index is 12.3. The standard InChI is InChI=1S/C20H17N5O3/c1-28-20(27)18-17(22)15(9-21)12-25(18)16-6-4-14(5-7-16)19(26)24-11-13-3-2-8-23-10-13/h2-8,10,12H,11,22H2,1H3,(H,24,26). The number of nitrogens with two attached hydrogens (primary N) is 1. The van der Waals surface area contributed by atoms with Gasteiger partial charge in [-0.05, 0) is 35.9 Å². The van der Waals surface area contributed by atoms with Crippen molar-refractivity contribution in [2.75, 3.05) is 12.8 Å². The third-order valence-corrected chi connectivity index (χ3v) is 4.13. The molecular weight excluding hydrogens is 358 g/mol. The van der Waals surface area contributed by atoms with Crippen molar-refractivity contribution in [1.82, 2.24) is 14.9 Å². The van der Waals surface area contributed by atoms with Gasteiger partial charge in [0.2, 0.25) is 0 Å². The van der Waals surface area contributed by atoms with Crippen LogP contribution in [0.15, 0.2) is 55.0 Å². The van der Waals surface area contributed by atoms with Crippen molar-refractivity contribution in [2.45, 2.75) is 6.54 Å². The summed E-state index contributed by atoms with van der Waals surface area (Å²) in [5.41, 5.74) is 8.07. The zero-order valence-corrected chi connectivity index (χ0v) is 15.0. The number of carbonyl (C=O) groups is 2. The SMILES string of the molecule is COC(=O)c1c(N)c(C#N)cn1-c1ccc(C(=O)NCc2cccnc2)cc1. The summed E-state index contributed by atoms with van der Waals surface area (Å²) >= 11 is 0. The minimum Gasteiger partial charge on any atom is -0.464 e. The first kappa shape index (κ1) is 18.7. The van der Waals surface area contributed by atoms with E-state index in [1.54, 1.807) is 42.7 Å². The van der Waals surface area contributed by atoms with Gasteiger partial charge >= 0.3 is 5.97 Å². The van der Waals surface area contributed by atoms with Crippen molar-refractivity contribution in [3.63, 3.8) is 0 Å². The molecule has 2 heterocycles. The molecule has 0 aliphatic carbocycles. The number of esters is 1. The van der Waals surface area contributed by atoms with E-state index < -0.39 is 5.97 Å². The molecule has 0 spiro atoms. The summed E-state index contributed by atoms with van der Waals surface area (Å²) in [4.78, 5) is 28.4. The fraction of sp³-hybridized carbons (Fsp3) is 0.100. The molecule has 28 heavy (non-hydrogen) atoms. The Labute approximate surface area is 161 Å². The Bertz CT molecular complexity index is 1050. The molecule has 3 rings (SSSR count). The molecule has 0 radical (unpaired) electrons. The van der Waals surface area contributed by atoms with Crippen LogP contribution in [0.3, 0.4) is 0 Å². The third-order valence-electron chi connectivity index (χ3n) is 4.13. The molecule has 0 saturated carbocycles. The predicted molar refractivity (Wildman–Crippen MR) is 102 cm³/mol. The quantitative estimate of drug-likeness (QED) is 0.658. The molecule has 3 N–H and O–H groups in total. The Morgan fingerprint density at radius 1 is 1.29 bits per heavy atom.